The molecule has 2 heterocycles. The second-order valence-corrected chi connectivity index (χ2v) is 6.13. The fourth-order valence-corrected chi connectivity index (χ4v) is 3.08. The van der Waals surface area contributed by atoms with Gasteiger partial charge in [-0.25, -0.2) is 0 Å². The average Bonchev–Trinajstić information content (AvgIpc) is 3.27. The smallest absolute Gasteiger partial charge is 0.257 e. The maximum absolute atomic E-state index is 13.1. The first-order valence-corrected chi connectivity index (χ1v) is 8.80. The topological polar surface area (TPSA) is 71.0 Å². The normalized spacial score (nSPS) is 12.4. The van der Waals surface area contributed by atoms with Gasteiger partial charge in [-0.15, -0.1) is 0 Å². The maximum atomic E-state index is 13.1. The number of nitrogens with one attached hydrogen (secondary N) is 1. The molecule has 144 valence electrons. The van der Waals surface area contributed by atoms with E-state index in [0.717, 1.165) is 0 Å². The Morgan fingerprint density at radius 3 is 2.36 bits per heavy atom. The summed E-state index contributed by atoms with van der Waals surface area (Å²) >= 11 is 0. The van der Waals surface area contributed by atoms with Gasteiger partial charge in [-0.3, -0.25) is 4.79 Å². The molecule has 2 aromatic carbocycles. The molecule has 0 bridgehead atoms. The lowest BCUT2D eigenvalue weighted by molar-refractivity contribution is 0.102. The van der Waals surface area contributed by atoms with E-state index in [-0.39, 0.29) is 5.91 Å². The molecule has 1 aromatic heterocycles. The minimum absolute atomic E-state index is 0.277. The van der Waals surface area contributed by atoms with Crippen LogP contribution in [0.25, 0.3) is 5.69 Å². The molecule has 0 atom stereocenters. The molecule has 3 aromatic rings. The first-order valence-electron chi connectivity index (χ1n) is 8.80. The number of carbonyl (C=O) groups is 1. The summed E-state index contributed by atoms with van der Waals surface area (Å²) in [7, 11) is 3.10. The third-order valence-electron chi connectivity index (χ3n) is 4.43. The molecule has 1 aliphatic heterocycles. The number of aromatic nitrogens is 1. The largest absolute Gasteiger partial charge is 0.493 e. The fourth-order valence-electron chi connectivity index (χ4n) is 3.08. The number of carbonyl (C=O) groups excluding carboxylic acids is 1. The van der Waals surface area contributed by atoms with Crippen LogP contribution >= 0.6 is 0 Å². The van der Waals surface area contributed by atoms with Crippen molar-refractivity contribution in [1.29, 1.82) is 0 Å². The fraction of sp³-hybridized carbons (Fsp3) is 0.190. The first kappa shape index (κ1) is 17.8. The zero-order chi connectivity index (χ0) is 19.5. The average molecular weight is 380 g/mol. The summed E-state index contributed by atoms with van der Waals surface area (Å²) < 4.78 is 23.7. The lowest BCUT2D eigenvalue weighted by Crippen LogP contribution is -2.17. The lowest BCUT2D eigenvalue weighted by atomic mass is 10.1. The van der Waals surface area contributed by atoms with Gasteiger partial charge in [-0.05, 0) is 30.3 Å². The quantitative estimate of drug-likeness (QED) is 0.733. The van der Waals surface area contributed by atoms with Crippen molar-refractivity contribution in [3.63, 3.8) is 0 Å². The highest BCUT2D eigenvalue weighted by Gasteiger charge is 2.19. The molecule has 0 saturated heterocycles. The number of hydrogen-bond acceptors (Lipinski definition) is 5. The van der Waals surface area contributed by atoms with Crippen molar-refractivity contribution in [2.75, 3.05) is 32.8 Å². The van der Waals surface area contributed by atoms with Gasteiger partial charge in [-0.1, -0.05) is 0 Å². The second-order valence-electron chi connectivity index (χ2n) is 6.13. The summed E-state index contributed by atoms with van der Waals surface area (Å²) in [5, 5.41) is 2.92. The van der Waals surface area contributed by atoms with Crippen LogP contribution in [0.15, 0.2) is 54.9 Å². The van der Waals surface area contributed by atoms with Crippen molar-refractivity contribution in [3.05, 3.63) is 60.4 Å². The van der Waals surface area contributed by atoms with E-state index < -0.39 is 0 Å². The van der Waals surface area contributed by atoms with Crippen molar-refractivity contribution in [2.24, 2.45) is 0 Å². The van der Waals surface area contributed by atoms with Gasteiger partial charge in [0.2, 0.25) is 0 Å². The Morgan fingerprint density at radius 2 is 1.64 bits per heavy atom. The van der Waals surface area contributed by atoms with Crippen LogP contribution in [0, 0.1) is 0 Å². The summed E-state index contributed by atoms with van der Waals surface area (Å²) in [6, 6.07) is 12.5. The van der Waals surface area contributed by atoms with Crippen LogP contribution in [-0.4, -0.2) is 37.9 Å². The second kappa shape index (κ2) is 7.56. The van der Waals surface area contributed by atoms with E-state index in [1.54, 1.807) is 37.4 Å². The Balaban J connectivity index is 1.70. The molecule has 0 aliphatic carbocycles. The summed E-state index contributed by atoms with van der Waals surface area (Å²) in [6.45, 7) is 1.00. The number of rotatable bonds is 5. The molecule has 0 saturated carbocycles. The molecule has 0 radical (unpaired) electrons. The molecular weight excluding hydrogens is 360 g/mol. The number of ether oxygens (including phenoxy) is 4. The molecular formula is C21H20N2O5. The Bertz CT molecular complexity index is 998. The molecule has 0 unspecified atom stereocenters. The van der Waals surface area contributed by atoms with Gasteiger partial charge in [0.15, 0.2) is 23.0 Å². The van der Waals surface area contributed by atoms with Crippen LogP contribution in [0.3, 0.4) is 0 Å². The number of amides is 1. The Labute approximate surface area is 162 Å². The molecule has 0 spiro atoms. The predicted octanol–water partition coefficient (Wildman–Crippen LogP) is 3.52. The summed E-state index contributed by atoms with van der Waals surface area (Å²) in [4.78, 5) is 13.1. The zero-order valence-electron chi connectivity index (χ0n) is 15.6. The zero-order valence-corrected chi connectivity index (χ0v) is 15.6. The first-order chi connectivity index (χ1) is 13.7. The number of methoxy groups -OCH3 is 2. The number of nitrogens with zero attached hydrogens (tertiary/aromatic N) is 1. The molecule has 1 amide bonds. The molecule has 7 heteroatoms. The van der Waals surface area contributed by atoms with Crippen LogP contribution in [0.1, 0.15) is 10.4 Å². The molecule has 0 fully saturated rings. The number of benzene rings is 2. The van der Waals surface area contributed by atoms with Gasteiger partial charge in [-0.2, -0.15) is 0 Å². The van der Waals surface area contributed by atoms with Gasteiger partial charge in [0, 0.05) is 30.2 Å². The Hall–Kier alpha value is -3.61. The molecule has 4 rings (SSSR count). The highest BCUT2D eigenvalue weighted by atomic mass is 16.6. The molecule has 7 nitrogen and oxygen atoms in total. The van der Waals surface area contributed by atoms with Crippen LogP contribution in [0.4, 0.5) is 5.69 Å². The monoisotopic (exact) mass is 380 g/mol. The van der Waals surface area contributed by atoms with Gasteiger partial charge in [0.1, 0.15) is 13.2 Å². The van der Waals surface area contributed by atoms with E-state index in [1.165, 1.54) is 7.11 Å². The van der Waals surface area contributed by atoms with E-state index in [4.69, 9.17) is 18.9 Å². The summed E-state index contributed by atoms with van der Waals surface area (Å²) in [5.74, 6) is 2.03. The van der Waals surface area contributed by atoms with E-state index in [9.17, 15) is 4.79 Å². The molecule has 1 aliphatic rings. The number of hydrogen-bond donors (Lipinski definition) is 1. The number of anilines is 1. The van der Waals surface area contributed by atoms with Gasteiger partial charge < -0.3 is 28.8 Å². The summed E-state index contributed by atoms with van der Waals surface area (Å²) in [6.07, 6.45) is 3.73. The van der Waals surface area contributed by atoms with E-state index in [0.29, 0.717) is 53.2 Å². The van der Waals surface area contributed by atoms with Crippen molar-refractivity contribution >= 4 is 11.6 Å². The SMILES string of the molecule is COc1cc(C(=O)Nc2ccc3c(c2)OCCO3)c(-n2cccc2)cc1OC. The summed E-state index contributed by atoms with van der Waals surface area (Å²) in [5.41, 5.74) is 1.74. The van der Waals surface area contributed by atoms with Gasteiger partial charge >= 0.3 is 0 Å². The van der Waals surface area contributed by atoms with E-state index in [2.05, 4.69) is 5.32 Å². The van der Waals surface area contributed by atoms with Gasteiger partial charge in [0.25, 0.3) is 5.91 Å². The highest BCUT2D eigenvalue weighted by molar-refractivity contribution is 6.07. The van der Waals surface area contributed by atoms with Gasteiger partial charge in [0.05, 0.1) is 25.5 Å². The minimum atomic E-state index is -0.277. The van der Waals surface area contributed by atoms with Crippen molar-refractivity contribution < 1.29 is 23.7 Å². The van der Waals surface area contributed by atoms with Crippen molar-refractivity contribution in [1.82, 2.24) is 4.57 Å². The van der Waals surface area contributed by atoms with E-state index in [1.807, 2.05) is 29.1 Å². The third-order valence-corrected chi connectivity index (χ3v) is 4.43. The van der Waals surface area contributed by atoms with Crippen LogP contribution < -0.4 is 24.3 Å². The van der Waals surface area contributed by atoms with Crippen LogP contribution in [0.5, 0.6) is 23.0 Å². The van der Waals surface area contributed by atoms with Crippen LogP contribution in [0.2, 0.25) is 0 Å². The molecule has 28 heavy (non-hydrogen) atoms. The standard InChI is InChI=1S/C21H20N2O5/c1-25-18-12-15(16(13-19(18)26-2)23-7-3-4-8-23)21(24)22-14-5-6-17-20(11-14)28-10-9-27-17/h3-8,11-13H,9-10H2,1-2H3,(H,22,24). The van der Waals surface area contributed by atoms with Crippen molar-refractivity contribution in [2.45, 2.75) is 0 Å². The lowest BCUT2D eigenvalue weighted by Gasteiger charge is -2.19. The van der Waals surface area contributed by atoms with Crippen LogP contribution in [-0.2, 0) is 0 Å². The van der Waals surface area contributed by atoms with E-state index >= 15 is 0 Å². The Morgan fingerprint density at radius 1 is 0.964 bits per heavy atom. The third kappa shape index (κ3) is 3.34. The minimum Gasteiger partial charge on any atom is -0.493 e. The predicted molar refractivity (Wildman–Crippen MR) is 104 cm³/mol. The highest BCUT2D eigenvalue weighted by Crippen LogP contribution is 2.35. The van der Waals surface area contributed by atoms with Crippen molar-refractivity contribution in [3.8, 4) is 28.7 Å². The molecule has 1 N–H and O–H groups in total. The number of fused-ring (bicyclic) bond motifs is 1. The maximum Gasteiger partial charge on any atom is 0.257 e. The Kier molecular flexibility index (Phi) is 4.80.